The zero-order chi connectivity index (χ0) is 11.0. The fourth-order valence-corrected chi connectivity index (χ4v) is 1.72. The number of thioether (sulfide) groups is 1. The Kier molecular flexibility index (Phi) is 6.92. The summed E-state index contributed by atoms with van der Waals surface area (Å²) in [5.74, 6) is 0.216. The van der Waals surface area contributed by atoms with Crippen molar-refractivity contribution in [2.45, 2.75) is 13.3 Å². The summed E-state index contributed by atoms with van der Waals surface area (Å²) in [6.45, 7) is 5.29. The number of amides is 1. The summed E-state index contributed by atoms with van der Waals surface area (Å²) < 4.78 is 0. The molecule has 4 nitrogen and oxygen atoms in total. The molecular formula is C9H16N2O2S. The first-order chi connectivity index (χ1) is 6.67. The van der Waals surface area contributed by atoms with Crippen LogP contribution in [0.2, 0.25) is 0 Å². The number of nitrogens with zero attached hydrogens (tertiary/aromatic N) is 1. The summed E-state index contributed by atoms with van der Waals surface area (Å²) in [6, 6.07) is 0. The number of rotatable bonds is 5. The smallest absolute Gasteiger partial charge is 0.229 e. The van der Waals surface area contributed by atoms with Gasteiger partial charge in [0.1, 0.15) is 5.04 Å². The lowest BCUT2D eigenvalue weighted by molar-refractivity contribution is -0.122. The van der Waals surface area contributed by atoms with Crippen LogP contribution < -0.4 is 5.32 Å². The van der Waals surface area contributed by atoms with Crippen molar-refractivity contribution in [3.63, 3.8) is 0 Å². The number of carbonyl (C=O) groups is 1. The lowest BCUT2D eigenvalue weighted by atomic mass is 10.2. The van der Waals surface area contributed by atoms with E-state index in [-0.39, 0.29) is 5.91 Å². The maximum Gasteiger partial charge on any atom is 0.229 e. The van der Waals surface area contributed by atoms with Gasteiger partial charge in [0.15, 0.2) is 0 Å². The maximum absolute atomic E-state index is 11.2. The van der Waals surface area contributed by atoms with Gasteiger partial charge in [0.25, 0.3) is 0 Å². The molecule has 0 spiro atoms. The first kappa shape index (κ1) is 13.0. The van der Waals surface area contributed by atoms with Gasteiger partial charge in [-0.1, -0.05) is 11.2 Å². The number of hydrogen-bond acceptors (Lipinski definition) is 4. The third kappa shape index (κ3) is 4.32. The van der Waals surface area contributed by atoms with Crippen molar-refractivity contribution < 1.29 is 10.0 Å². The van der Waals surface area contributed by atoms with E-state index in [4.69, 9.17) is 5.21 Å². The first-order valence-corrected chi connectivity index (χ1v) is 5.33. The van der Waals surface area contributed by atoms with Gasteiger partial charge in [0.05, 0.1) is 5.92 Å². The summed E-state index contributed by atoms with van der Waals surface area (Å²) in [6.07, 6.45) is 2.61. The van der Waals surface area contributed by atoms with Gasteiger partial charge in [-0.3, -0.25) is 4.79 Å². The van der Waals surface area contributed by atoms with Crippen LogP contribution in [0.4, 0.5) is 0 Å². The van der Waals surface area contributed by atoms with E-state index in [1.807, 2.05) is 0 Å². The van der Waals surface area contributed by atoms with E-state index >= 15 is 0 Å². The van der Waals surface area contributed by atoms with Crippen molar-refractivity contribution in [3.8, 4) is 0 Å². The van der Waals surface area contributed by atoms with Crippen LogP contribution in [0.5, 0.6) is 0 Å². The van der Waals surface area contributed by atoms with Crippen LogP contribution in [0.1, 0.15) is 13.3 Å². The van der Waals surface area contributed by atoms with Gasteiger partial charge in [-0.2, -0.15) is 0 Å². The molecule has 0 radical (unpaired) electrons. The highest BCUT2D eigenvalue weighted by atomic mass is 32.2. The molecule has 0 aromatic carbocycles. The molecule has 0 bridgehead atoms. The Balaban J connectivity index is 4.13. The van der Waals surface area contributed by atoms with Crippen LogP contribution in [-0.2, 0) is 4.79 Å². The van der Waals surface area contributed by atoms with Crippen LogP contribution in [0, 0.1) is 5.92 Å². The van der Waals surface area contributed by atoms with Crippen LogP contribution in [-0.4, -0.2) is 29.0 Å². The number of nitrogens with one attached hydrogen (secondary N) is 1. The quantitative estimate of drug-likeness (QED) is 0.183. The van der Waals surface area contributed by atoms with Gasteiger partial charge in [0.2, 0.25) is 5.91 Å². The molecule has 1 atom stereocenters. The molecule has 0 rings (SSSR count). The van der Waals surface area contributed by atoms with E-state index < -0.39 is 5.92 Å². The fourth-order valence-electron chi connectivity index (χ4n) is 0.816. The molecule has 0 aliphatic heterocycles. The normalized spacial score (nSPS) is 13.4. The Labute approximate surface area is 88.4 Å². The molecule has 5 heteroatoms. The number of carbonyl (C=O) groups excluding carboxylic acids is 1. The molecule has 1 amide bonds. The van der Waals surface area contributed by atoms with Crippen LogP contribution in [0.15, 0.2) is 17.8 Å². The van der Waals surface area contributed by atoms with E-state index in [2.05, 4.69) is 17.1 Å². The SMILES string of the molecule is C=CCCS/C(=N/O)C(C)C(=O)NC. The molecule has 1 unspecified atom stereocenters. The first-order valence-electron chi connectivity index (χ1n) is 4.34. The molecule has 0 aromatic rings. The van der Waals surface area contributed by atoms with Gasteiger partial charge in [-0.05, 0) is 13.3 Å². The minimum absolute atomic E-state index is 0.149. The molecule has 0 aromatic heterocycles. The number of hydrogen-bond donors (Lipinski definition) is 2. The maximum atomic E-state index is 11.2. The monoisotopic (exact) mass is 216 g/mol. The van der Waals surface area contributed by atoms with E-state index in [1.54, 1.807) is 20.0 Å². The molecule has 0 aliphatic rings. The molecule has 0 heterocycles. The topological polar surface area (TPSA) is 61.7 Å². The minimum atomic E-state index is -0.403. The minimum Gasteiger partial charge on any atom is -0.410 e. The predicted octanol–water partition coefficient (Wildman–Crippen LogP) is 1.47. The number of oxime groups is 1. The second kappa shape index (κ2) is 7.44. The summed E-state index contributed by atoms with van der Waals surface area (Å²) in [5.41, 5.74) is 0. The van der Waals surface area contributed by atoms with Gasteiger partial charge < -0.3 is 10.5 Å². The number of allylic oxidation sites excluding steroid dienone is 1. The van der Waals surface area contributed by atoms with E-state index in [0.717, 1.165) is 12.2 Å². The van der Waals surface area contributed by atoms with Crippen molar-refractivity contribution in [3.05, 3.63) is 12.7 Å². The van der Waals surface area contributed by atoms with E-state index in [1.165, 1.54) is 11.8 Å². The fraction of sp³-hybridized carbons (Fsp3) is 0.556. The molecule has 14 heavy (non-hydrogen) atoms. The summed E-state index contributed by atoms with van der Waals surface area (Å²) in [7, 11) is 1.56. The van der Waals surface area contributed by atoms with Crippen molar-refractivity contribution in [2.75, 3.05) is 12.8 Å². The standard InChI is InChI=1S/C9H16N2O2S/c1-4-5-6-14-9(11-13)7(2)8(12)10-3/h4,7,13H,1,5-6H2,2-3H3,(H,10,12)/b11-9+. The molecule has 0 saturated carbocycles. The van der Waals surface area contributed by atoms with Crippen molar-refractivity contribution in [1.29, 1.82) is 0 Å². The van der Waals surface area contributed by atoms with E-state index in [0.29, 0.717) is 5.04 Å². The van der Waals surface area contributed by atoms with Crippen LogP contribution >= 0.6 is 11.8 Å². The van der Waals surface area contributed by atoms with Gasteiger partial charge in [-0.25, -0.2) is 0 Å². The third-order valence-corrected chi connectivity index (χ3v) is 2.85. The predicted molar refractivity (Wildman–Crippen MR) is 59.7 cm³/mol. The Bertz CT molecular complexity index is 229. The zero-order valence-corrected chi connectivity index (χ0v) is 9.30. The van der Waals surface area contributed by atoms with Crippen LogP contribution in [0.25, 0.3) is 0 Å². The molecule has 2 N–H and O–H groups in total. The third-order valence-electron chi connectivity index (χ3n) is 1.68. The second-order valence-electron chi connectivity index (χ2n) is 2.70. The molecule has 0 aliphatic carbocycles. The average Bonchev–Trinajstić information content (AvgIpc) is 2.22. The van der Waals surface area contributed by atoms with Crippen molar-refractivity contribution in [1.82, 2.24) is 5.32 Å². The lowest BCUT2D eigenvalue weighted by Gasteiger charge is -2.10. The Morgan fingerprint density at radius 1 is 1.79 bits per heavy atom. The highest BCUT2D eigenvalue weighted by Gasteiger charge is 2.18. The zero-order valence-electron chi connectivity index (χ0n) is 8.49. The van der Waals surface area contributed by atoms with Gasteiger partial charge in [-0.15, -0.1) is 18.3 Å². The molecule has 0 fully saturated rings. The van der Waals surface area contributed by atoms with Gasteiger partial charge >= 0.3 is 0 Å². The van der Waals surface area contributed by atoms with Gasteiger partial charge in [0, 0.05) is 12.8 Å². The second-order valence-corrected chi connectivity index (χ2v) is 3.82. The molecule has 0 saturated heterocycles. The highest BCUT2D eigenvalue weighted by Crippen LogP contribution is 2.14. The van der Waals surface area contributed by atoms with Crippen LogP contribution in [0.3, 0.4) is 0 Å². The molecule has 80 valence electrons. The lowest BCUT2D eigenvalue weighted by Crippen LogP contribution is -2.29. The largest absolute Gasteiger partial charge is 0.410 e. The average molecular weight is 216 g/mol. The Morgan fingerprint density at radius 2 is 2.43 bits per heavy atom. The summed E-state index contributed by atoms with van der Waals surface area (Å²) in [5, 5.41) is 14.8. The summed E-state index contributed by atoms with van der Waals surface area (Å²) in [4.78, 5) is 11.2. The van der Waals surface area contributed by atoms with Crippen molar-refractivity contribution in [2.24, 2.45) is 11.1 Å². The van der Waals surface area contributed by atoms with Crippen molar-refractivity contribution >= 4 is 22.7 Å². The Hall–Kier alpha value is -0.970. The Morgan fingerprint density at radius 3 is 2.86 bits per heavy atom. The molecular weight excluding hydrogens is 200 g/mol. The highest BCUT2D eigenvalue weighted by molar-refractivity contribution is 8.14. The van der Waals surface area contributed by atoms with E-state index in [9.17, 15) is 4.79 Å². The summed E-state index contributed by atoms with van der Waals surface area (Å²) >= 11 is 1.37.